The molecule has 1 amide bonds. The number of carbonyl (C=O) groups is 1. The standard InChI is InChI=1S/C9H9NOS/c10-9(11)6-7-12-8-4-2-1-3-5-8/h1-5,7H,6H2,(H-,10,11)/p+1. The van der Waals surface area contributed by atoms with Crippen molar-refractivity contribution in [3.63, 3.8) is 0 Å². The lowest BCUT2D eigenvalue weighted by atomic mass is 10.4. The Hall–Kier alpha value is -1.22. The highest BCUT2D eigenvalue weighted by molar-refractivity contribution is 7.77. The van der Waals surface area contributed by atoms with E-state index < -0.39 is 0 Å². The largest absolute Gasteiger partial charge is 0.369 e. The summed E-state index contributed by atoms with van der Waals surface area (Å²) < 4.78 is 0. The number of rotatable bonds is 3. The SMILES string of the molecule is NC(=O)CC=[S+]c1ccccc1. The molecule has 3 heteroatoms. The van der Waals surface area contributed by atoms with Gasteiger partial charge < -0.3 is 5.73 Å². The van der Waals surface area contributed by atoms with Crippen LogP contribution in [0.25, 0.3) is 0 Å². The summed E-state index contributed by atoms with van der Waals surface area (Å²) in [6.45, 7) is 0. The fourth-order valence-electron chi connectivity index (χ4n) is 0.719. The van der Waals surface area contributed by atoms with Crippen molar-refractivity contribution in [2.75, 3.05) is 0 Å². The topological polar surface area (TPSA) is 43.1 Å². The lowest BCUT2D eigenvalue weighted by molar-refractivity contribution is -0.116. The van der Waals surface area contributed by atoms with E-state index in [0.717, 1.165) is 4.90 Å². The molecule has 0 spiro atoms. The highest BCUT2D eigenvalue weighted by atomic mass is 32.1. The average molecular weight is 180 g/mol. The smallest absolute Gasteiger partial charge is 0.230 e. The summed E-state index contributed by atoms with van der Waals surface area (Å²) in [5.41, 5.74) is 4.97. The number of hydrogen-bond donors (Lipinski definition) is 1. The molecule has 2 N–H and O–H groups in total. The molecule has 0 aliphatic carbocycles. The van der Waals surface area contributed by atoms with Crippen LogP contribution in [-0.2, 0) is 16.1 Å². The molecule has 0 fully saturated rings. The quantitative estimate of drug-likeness (QED) is 0.543. The first-order valence-electron chi connectivity index (χ1n) is 3.61. The van der Waals surface area contributed by atoms with E-state index >= 15 is 0 Å². The van der Waals surface area contributed by atoms with Crippen molar-refractivity contribution in [3.05, 3.63) is 30.3 Å². The van der Waals surface area contributed by atoms with Crippen LogP contribution in [-0.4, -0.2) is 11.3 Å². The van der Waals surface area contributed by atoms with Crippen LogP contribution in [0.5, 0.6) is 0 Å². The van der Waals surface area contributed by atoms with Crippen molar-refractivity contribution in [3.8, 4) is 0 Å². The molecule has 12 heavy (non-hydrogen) atoms. The van der Waals surface area contributed by atoms with Crippen molar-refractivity contribution in [2.24, 2.45) is 5.73 Å². The van der Waals surface area contributed by atoms with Crippen molar-refractivity contribution >= 4 is 22.6 Å². The van der Waals surface area contributed by atoms with Crippen LogP contribution in [0, 0.1) is 0 Å². The van der Waals surface area contributed by atoms with E-state index in [1.807, 2.05) is 30.3 Å². The third-order valence-corrected chi connectivity index (χ3v) is 2.12. The van der Waals surface area contributed by atoms with Crippen LogP contribution in [0.4, 0.5) is 0 Å². The van der Waals surface area contributed by atoms with Gasteiger partial charge in [0, 0.05) is 12.1 Å². The molecule has 1 aromatic rings. The maximum absolute atomic E-state index is 10.4. The van der Waals surface area contributed by atoms with Crippen molar-refractivity contribution < 1.29 is 4.79 Å². The molecule has 0 atom stereocenters. The summed E-state index contributed by atoms with van der Waals surface area (Å²) in [5, 5.41) is 1.80. The molecule has 2 nitrogen and oxygen atoms in total. The first-order valence-corrected chi connectivity index (χ1v) is 4.48. The van der Waals surface area contributed by atoms with Gasteiger partial charge in [-0.05, 0) is 0 Å². The van der Waals surface area contributed by atoms with Crippen LogP contribution in [0.15, 0.2) is 35.2 Å². The Morgan fingerprint density at radius 3 is 2.67 bits per heavy atom. The van der Waals surface area contributed by atoms with Crippen molar-refractivity contribution in [1.82, 2.24) is 0 Å². The predicted molar refractivity (Wildman–Crippen MR) is 51.9 cm³/mol. The maximum atomic E-state index is 10.4. The van der Waals surface area contributed by atoms with E-state index in [9.17, 15) is 4.79 Å². The Kier molecular flexibility index (Phi) is 3.41. The van der Waals surface area contributed by atoms with E-state index in [0.29, 0.717) is 6.42 Å². The number of carbonyl (C=O) groups excluding carboxylic acids is 1. The number of hydrogen-bond acceptors (Lipinski definition) is 1. The highest BCUT2D eigenvalue weighted by Gasteiger charge is 1.99. The summed E-state index contributed by atoms with van der Waals surface area (Å²) in [7, 11) is 0. The minimum Gasteiger partial charge on any atom is -0.369 e. The highest BCUT2D eigenvalue weighted by Crippen LogP contribution is 1.96. The molecule has 0 aromatic heterocycles. The molecule has 0 radical (unpaired) electrons. The fourth-order valence-corrected chi connectivity index (χ4v) is 1.47. The molecule has 1 rings (SSSR count). The summed E-state index contributed by atoms with van der Waals surface area (Å²) in [6.07, 6.45) is 0.319. The van der Waals surface area contributed by atoms with Gasteiger partial charge in [0.2, 0.25) is 22.2 Å². The Labute approximate surface area is 75.4 Å². The zero-order valence-electron chi connectivity index (χ0n) is 6.57. The summed E-state index contributed by atoms with van der Waals surface area (Å²) >= 11 is 1.52. The van der Waals surface area contributed by atoms with Crippen LogP contribution in [0.1, 0.15) is 6.42 Å². The van der Waals surface area contributed by atoms with E-state index in [1.165, 1.54) is 11.4 Å². The van der Waals surface area contributed by atoms with Crippen molar-refractivity contribution in [2.45, 2.75) is 11.3 Å². The van der Waals surface area contributed by atoms with E-state index in [2.05, 4.69) is 0 Å². The summed E-state index contributed by atoms with van der Waals surface area (Å²) in [5.74, 6) is -0.293. The number of amides is 1. The van der Waals surface area contributed by atoms with Gasteiger partial charge in [0.1, 0.15) is 0 Å². The second-order valence-electron chi connectivity index (χ2n) is 2.27. The van der Waals surface area contributed by atoms with Gasteiger partial charge in [-0.15, -0.1) is 0 Å². The maximum Gasteiger partial charge on any atom is 0.230 e. The monoisotopic (exact) mass is 180 g/mol. The third-order valence-electron chi connectivity index (χ3n) is 1.25. The average Bonchev–Trinajstić information content (AvgIpc) is 2.05. The molecule has 0 unspecified atom stereocenters. The predicted octanol–water partition coefficient (Wildman–Crippen LogP) is 0.806. The van der Waals surface area contributed by atoms with Crippen molar-refractivity contribution in [1.29, 1.82) is 0 Å². The van der Waals surface area contributed by atoms with Gasteiger partial charge >= 0.3 is 0 Å². The lowest BCUT2D eigenvalue weighted by Gasteiger charge is -1.77. The third kappa shape index (κ3) is 3.25. The van der Waals surface area contributed by atoms with Gasteiger partial charge in [0.15, 0.2) is 5.37 Å². The van der Waals surface area contributed by atoms with Gasteiger partial charge in [0.05, 0.1) is 6.42 Å². The van der Waals surface area contributed by atoms with E-state index in [1.54, 1.807) is 5.37 Å². The molecule has 0 bridgehead atoms. The summed E-state index contributed by atoms with van der Waals surface area (Å²) in [4.78, 5) is 11.5. The zero-order chi connectivity index (χ0) is 8.81. The normalized spacial score (nSPS) is 10.3. The van der Waals surface area contributed by atoms with Gasteiger partial charge in [0.25, 0.3) is 0 Å². The van der Waals surface area contributed by atoms with E-state index in [-0.39, 0.29) is 5.91 Å². The van der Waals surface area contributed by atoms with Crippen LogP contribution in [0.3, 0.4) is 0 Å². The molecule has 0 aliphatic heterocycles. The van der Waals surface area contributed by atoms with Gasteiger partial charge in [-0.2, -0.15) is 0 Å². The fraction of sp³-hybridized carbons (Fsp3) is 0.111. The molecule has 0 saturated heterocycles. The Morgan fingerprint density at radius 1 is 1.42 bits per heavy atom. The number of primary amides is 1. The molecule has 62 valence electrons. The van der Waals surface area contributed by atoms with E-state index in [4.69, 9.17) is 5.73 Å². The Bertz CT molecular complexity index is 282. The molecule has 0 heterocycles. The van der Waals surface area contributed by atoms with Gasteiger partial charge in [-0.25, -0.2) is 0 Å². The number of nitrogens with two attached hydrogens (primary N) is 1. The minimum atomic E-state index is -0.293. The second-order valence-corrected chi connectivity index (χ2v) is 3.31. The van der Waals surface area contributed by atoms with Crippen LogP contribution in [0.2, 0.25) is 0 Å². The molecule has 0 aliphatic rings. The van der Waals surface area contributed by atoms with Crippen LogP contribution < -0.4 is 5.73 Å². The first-order chi connectivity index (χ1) is 5.79. The molecule has 0 saturated carbocycles. The van der Waals surface area contributed by atoms with Gasteiger partial charge in [-0.1, -0.05) is 18.2 Å². The molecular weight excluding hydrogens is 170 g/mol. The Balaban J connectivity index is 2.52. The minimum absolute atomic E-state index is 0.293. The lowest BCUT2D eigenvalue weighted by Crippen LogP contribution is -2.10. The van der Waals surface area contributed by atoms with Crippen LogP contribution >= 0.6 is 0 Å². The van der Waals surface area contributed by atoms with Gasteiger partial charge in [-0.3, -0.25) is 4.79 Å². The summed E-state index contributed by atoms with van der Waals surface area (Å²) in [6, 6.07) is 9.85. The first kappa shape index (κ1) is 8.87. The second kappa shape index (κ2) is 4.62. The molecular formula is C9H10NOS+. The number of benzene rings is 1. The molecule has 1 aromatic carbocycles. The zero-order valence-corrected chi connectivity index (χ0v) is 7.38. The Morgan fingerprint density at radius 2 is 2.08 bits per heavy atom.